The molecule has 2 heteroatoms. The molecule has 0 fully saturated rings. The second kappa shape index (κ2) is 10.2. The largest absolute Gasteiger partial charge is 0.264 e. The number of nitrogens with zero attached hydrogens (tertiary/aromatic N) is 2. The first kappa shape index (κ1) is 25.7. The van der Waals surface area contributed by atoms with Gasteiger partial charge in [-0.2, -0.15) is 0 Å². The number of hydrogen-bond donors (Lipinski definition) is 0. The van der Waals surface area contributed by atoms with Crippen molar-refractivity contribution < 1.29 is 0 Å². The van der Waals surface area contributed by atoms with Gasteiger partial charge in [0.15, 0.2) is 0 Å². The number of benzene rings is 4. The minimum atomic E-state index is 0.0715. The van der Waals surface area contributed by atoms with Crippen LogP contribution in [0, 0.1) is 13.8 Å². The molecular weight excluding hydrogens is 484 g/mol. The highest BCUT2D eigenvalue weighted by atomic mass is 14.7. The van der Waals surface area contributed by atoms with Crippen LogP contribution in [-0.2, 0) is 5.41 Å². The first-order valence-corrected chi connectivity index (χ1v) is 13.9. The van der Waals surface area contributed by atoms with Crippen LogP contribution in [0.15, 0.2) is 116 Å². The summed E-state index contributed by atoms with van der Waals surface area (Å²) in [5, 5.41) is 2.35. The van der Waals surface area contributed by atoms with E-state index in [1.165, 1.54) is 49.9 Å². The SMILES string of the molecule is Cc1ccc(-c2cc(C)cc(-c3ccc(-c4cccc(-c5cc(C(C)(C)C)ccn5)c4)c4cnccc34)c2)cc1. The number of rotatable bonds is 4. The van der Waals surface area contributed by atoms with E-state index in [0.717, 1.165) is 22.2 Å². The van der Waals surface area contributed by atoms with Crippen molar-refractivity contribution in [1.82, 2.24) is 9.97 Å². The van der Waals surface area contributed by atoms with Crippen molar-refractivity contribution in [2.24, 2.45) is 0 Å². The van der Waals surface area contributed by atoms with Gasteiger partial charge < -0.3 is 0 Å². The van der Waals surface area contributed by atoms with Crippen LogP contribution < -0.4 is 0 Å². The molecule has 6 aromatic rings. The van der Waals surface area contributed by atoms with Gasteiger partial charge >= 0.3 is 0 Å². The molecule has 0 aliphatic heterocycles. The van der Waals surface area contributed by atoms with Crippen LogP contribution in [0.3, 0.4) is 0 Å². The van der Waals surface area contributed by atoms with Gasteiger partial charge in [-0.1, -0.05) is 93.1 Å². The lowest BCUT2D eigenvalue weighted by Gasteiger charge is -2.19. The summed E-state index contributed by atoms with van der Waals surface area (Å²) in [6.45, 7) is 11.0. The van der Waals surface area contributed by atoms with Crippen molar-refractivity contribution in [2.75, 3.05) is 0 Å². The lowest BCUT2D eigenvalue weighted by Crippen LogP contribution is -2.11. The normalized spacial score (nSPS) is 11.6. The van der Waals surface area contributed by atoms with E-state index in [1.807, 2.05) is 18.6 Å². The molecule has 0 bridgehead atoms. The van der Waals surface area contributed by atoms with E-state index < -0.39 is 0 Å². The summed E-state index contributed by atoms with van der Waals surface area (Å²) in [5.41, 5.74) is 13.2. The molecule has 6 rings (SSSR count). The van der Waals surface area contributed by atoms with Crippen LogP contribution in [0.25, 0.3) is 55.4 Å². The molecule has 196 valence electrons. The minimum absolute atomic E-state index is 0.0715. The number of aromatic nitrogens is 2. The Labute approximate surface area is 237 Å². The van der Waals surface area contributed by atoms with Gasteiger partial charge in [0.05, 0.1) is 5.69 Å². The Bertz CT molecular complexity index is 1840. The van der Waals surface area contributed by atoms with Crippen LogP contribution in [0.4, 0.5) is 0 Å². The molecule has 0 saturated heterocycles. The molecule has 0 amide bonds. The lowest BCUT2D eigenvalue weighted by molar-refractivity contribution is 0.589. The van der Waals surface area contributed by atoms with Gasteiger partial charge in [-0.3, -0.25) is 9.97 Å². The van der Waals surface area contributed by atoms with E-state index in [2.05, 4.69) is 137 Å². The predicted molar refractivity (Wildman–Crippen MR) is 169 cm³/mol. The van der Waals surface area contributed by atoms with Crippen molar-refractivity contribution in [2.45, 2.75) is 40.0 Å². The molecule has 2 aromatic heterocycles. The van der Waals surface area contributed by atoms with Crippen LogP contribution in [0.2, 0.25) is 0 Å². The zero-order valence-corrected chi connectivity index (χ0v) is 23.9. The fourth-order valence-electron chi connectivity index (χ4n) is 5.45. The first-order chi connectivity index (χ1) is 19.3. The van der Waals surface area contributed by atoms with Crippen LogP contribution >= 0.6 is 0 Å². The maximum absolute atomic E-state index is 4.71. The fourth-order valence-corrected chi connectivity index (χ4v) is 5.45. The van der Waals surface area contributed by atoms with Crippen LogP contribution in [-0.4, -0.2) is 9.97 Å². The number of hydrogen-bond acceptors (Lipinski definition) is 2. The maximum Gasteiger partial charge on any atom is 0.0705 e. The summed E-state index contributed by atoms with van der Waals surface area (Å²) in [5.74, 6) is 0. The Hall–Kier alpha value is -4.56. The third kappa shape index (κ3) is 5.05. The van der Waals surface area contributed by atoms with E-state index in [4.69, 9.17) is 4.98 Å². The van der Waals surface area contributed by atoms with E-state index >= 15 is 0 Å². The van der Waals surface area contributed by atoms with Crippen molar-refractivity contribution in [3.8, 4) is 44.6 Å². The molecule has 0 aliphatic rings. The molecule has 0 unspecified atom stereocenters. The van der Waals surface area contributed by atoms with E-state index in [-0.39, 0.29) is 5.41 Å². The zero-order chi connectivity index (χ0) is 27.9. The second-order valence-corrected chi connectivity index (χ2v) is 11.8. The zero-order valence-electron chi connectivity index (χ0n) is 23.9. The molecule has 0 aliphatic carbocycles. The smallest absolute Gasteiger partial charge is 0.0705 e. The quantitative estimate of drug-likeness (QED) is 0.232. The van der Waals surface area contributed by atoms with Gasteiger partial charge in [0.25, 0.3) is 0 Å². The van der Waals surface area contributed by atoms with Crippen molar-refractivity contribution in [1.29, 1.82) is 0 Å². The Morgan fingerprint density at radius 3 is 2.00 bits per heavy atom. The molecule has 0 spiro atoms. The minimum Gasteiger partial charge on any atom is -0.264 e. The van der Waals surface area contributed by atoms with Gasteiger partial charge in [-0.15, -0.1) is 0 Å². The Morgan fingerprint density at radius 2 is 1.23 bits per heavy atom. The van der Waals surface area contributed by atoms with Gasteiger partial charge in [-0.25, -0.2) is 0 Å². The topological polar surface area (TPSA) is 25.8 Å². The Balaban J connectivity index is 1.45. The second-order valence-electron chi connectivity index (χ2n) is 11.8. The molecule has 0 saturated carbocycles. The highest BCUT2D eigenvalue weighted by molar-refractivity contribution is 6.05. The van der Waals surface area contributed by atoms with Crippen molar-refractivity contribution >= 4 is 10.8 Å². The summed E-state index contributed by atoms with van der Waals surface area (Å²) in [4.78, 5) is 9.24. The molecule has 0 atom stereocenters. The lowest BCUT2D eigenvalue weighted by atomic mass is 9.86. The van der Waals surface area contributed by atoms with E-state index in [0.29, 0.717) is 0 Å². The highest BCUT2D eigenvalue weighted by Gasteiger charge is 2.16. The average molecular weight is 519 g/mol. The van der Waals surface area contributed by atoms with Gasteiger partial charge in [0, 0.05) is 29.5 Å². The highest BCUT2D eigenvalue weighted by Crippen LogP contribution is 2.38. The predicted octanol–water partition coefficient (Wildman–Crippen LogP) is 10.2. The standard InChI is InChI=1S/C38H34N2/c1-25-9-11-27(12-10-25)30-19-26(2)20-31(22-30)34-14-13-33(36-24-39-17-16-35(34)36)28-7-6-8-29(21-28)37-23-32(15-18-40-37)38(3,4)5/h6-24H,1-5H3. The summed E-state index contributed by atoms with van der Waals surface area (Å²) >= 11 is 0. The third-order valence-electron chi connectivity index (χ3n) is 7.69. The monoisotopic (exact) mass is 518 g/mol. The average Bonchev–Trinajstić information content (AvgIpc) is 2.96. The molecular formula is C38H34N2. The van der Waals surface area contributed by atoms with Crippen LogP contribution in [0.5, 0.6) is 0 Å². The molecule has 40 heavy (non-hydrogen) atoms. The first-order valence-electron chi connectivity index (χ1n) is 13.9. The number of aryl methyl sites for hydroxylation is 2. The van der Waals surface area contributed by atoms with Gasteiger partial charge in [-0.05, 0) is 99.5 Å². The molecule has 2 heterocycles. The summed E-state index contributed by atoms with van der Waals surface area (Å²) in [7, 11) is 0. The summed E-state index contributed by atoms with van der Waals surface area (Å²) < 4.78 is 0. The van der Waals surface area contributed by atoms with Gasteiger partial charge in [0.1, 0.15) is 0 Å². The van der Waals surface area contributed by atoms with Crippen molar-refractivity contribution in [3.05, 3.63) is 132 Å². The maximum atomic E-state index is 4.71. The van der Waals surface area contributed by atoms with Crippen LogP contribution in [0.1, 0.15) is 37.5 Å². The van der Waals surface area contributed by atoms with Gasteiger partial charge in [0.2, 0.25) is 0 Å². The molecule has 2 nitrogen and oxygen atoms in total. The fraction of sp³-hybridized carbons (Fsp3) is 0.158. The molecule has 0 N–H and O–H groups in total. The third-order valence-corrected chi connectivity index (χ3v) is 7.69. The number of fused-ring (bicyclic) bond motifs is 1. The summed E-state index contributed by atoms with van der Waals surface area (Å²) in [6.07, 6.45) is 5.81. The Kier molecular flexibility index (Phi) is 6.56. The Morgan fingerprint density at radius 1 is 0.525 bits per heavy atom. The summed E-state index contributed by atoms with van der Waals surface area (Å²) in [6, 6.07) is 35.3. The van der Waals surface area contributed by atoms with E-state index in [1.54, 1.807) is 0 Å². The molecule has 4 aromatic carbocycles. The van der Waals surface area contributed by atoms with Crippen molar-refractivity contribution in [3.63, 3.8) is 0 Å². The van der Waals surface area contributed by atoms with E-state index in [9.17, 15) is 0 Å². The number of pyridine rings is 2. The molecule has 0 radical (unpaired) electrons.